The summed E-state index contributed by atoms with van der Waals surface area (Å²) in [5, 5.41) is 3.34. The van der Waals surface area contributed by atoms with Crippen LogP contribution in [-0.4, -0.2) is 10.9 Å². The summed E-state index contributed by atoms with van der Waals surface area (Å²) >= 11 is 11.9. The van der Waals surface area contributed by atoms with Crippen molar-refractivity contribution in [3.8, 4) is 0 Å². The zero-order chi connectivity index (χ0) is 13.3. The van der Waals surface area contributed by atoms with Crippen molar-refractivity contribution >= 4 is 34.8 Å². The average molecular weight is 285 g/mol. The molecule has 1 N–H and O–H groups in total. The van der Waals surface area contributed by atoms with Gasteiger partial charge in [-0.15, -0.1) is 0 Å². The van der Waals surface area contributed by atoms with Crippen LogP contribution in [0.15, 0.2) is 22.6 Å². The number of aryl methyl sites for hydroxylation is 2. The lowest BCUT2D eigenvalue weighted by atomic mass is 10.3. The fraction of sp³-hybridized carbons (Fsp3) is 0.167. The van der Waals surface area contributed by atoms with Gasteiger partial charge in [0.15, 0.2) is 5.89 Å². The third-order valence-corrected chi connectivity index (χ3v) is 2.94. The van der Waals surface area contributed by atoms with E-state index in [9.17, 15) is 4.79 Å². The molecule has 6 heteroatoms. The zero-order valence-electron chi connectivity index (χ0n) is 9.75. The summed E-state index contributed by atoms with van der Waals surface area (Å²) in [5.41, 5.74) is 0.882. The maximum Gasteiger partial charge on any atom is 0.293 e. The van der Waals surface area contributed by atoms with Gasteiger partial charge in [-0.2, -0.15) is 0 Å². The van der Waals surface area contributed by atoms with Crippen molar-refractivity contribution in [2.75, 3.05) is 5.32 Å². The summed E-state index contributed by atoms with van der Waals surface area (Å²) in [6, 6.07) is 4.98. The molecule has 0 bridgehead atoms. The van der Waals surface area contributed by atoms with Gasteiger partial charge in [-0.1, -0.05) is 29.3 Å². The number of nitrogens with one attached hydrogen (secondary N) is 1. The van der Waals surface area contributed by atoms with Gasteiger partial charge in [0.2, 0.25) is 5.76 Å². The summed E-state index contributed by atoms with van der Waals surface area (Å²) in [6.45, 7) is 3.37. The van der Waals surface area contributed by atoms with E-state index in [1.807, 2.05) is 0 Å². The van der Waals surface area contributed by atoms with Gasteiger partial charge in [0, 0.05) is 6.92 Å². The van der Waals surface area contributed by atoms with Gasteiger partial charge >= 0.3 is 0 Å². The molecular weight excluding hydrogens is 275 g/mol. The van der Waals surface area contributed by atoms with Gasteiger partial charge in [-0.25, -0.2) is 4.98 Å². The molecule has 0 radical (unpaired) electrons. The molecule has 1 aromatic carbocycles. The fourth-order valence-electron chi connectivity index (χ4n) is 1.53. The second-order valence-corrected chi connectivity index (χ2v) is 4.51. The molecule has 94 valence electrons. The summed E-state index contributed by atoms with van der Waals surface area (Å²) in [6.07, 6.45) is 0. The Morgan fingerprint density at radius 2 is 1.89 bits per heavy atom. The second-order valence-electron chi connectivity index (χ2n) is 3.70. The van der Waals surface area contributed by atoms with Gasteiger partial charge in [0.05, 0.1) is 21.4 Å². The molecule has 0 fully saturated rings. The molecular formula is C12H10Cl2N2O2. The van der Waals surface area contributed by atoms with Crippen LogP contribution >= 0.6 is 23.2 Å². The average Bonchev–Trinajstić information content (AvgIpc) is 2.63. The molecule has 1 heterocycles. The molecule has 18 heavy (non-hydrogen) atoms. The first-order chi connectivity index (χ1) is 8.49. The van der Waals surface area contributed by atoms with Crippen molar-refractivity contribution in [3.05, 3.63) is 45.6 Å². The highest BCUT2D eigenvalue weighted by molar-refractivity contribution is 6.39. The molecule has 0 aliphatic rings. The van der Waals surface area contributed by atoms with Crippen LogP contribution in [0.25, 0.3) is 0 Å². The minimum atomic E-state index is -0.428. The van der Waals surface area contributed by atoms with Crippen molar-refractivity contribution in [1.29, 1.82) is 0 Å². The highest BCUT2D eigenvalue weighted by Gasteiger charge is 2.18. The molecule has 4 nitrogen and oxygen atoms in total. The molecule has 0 aliphatic carbocycles. The SMILES string of the molecule is Cc1nc(C)c(C(=O)Nc2c(Cl)cccc2Cl)o1. The maximum atomic E-state index is 12.0. The monoisotopic (exact) mass is 284 g/mol. The lowest BCUT2D eigenvalue weighted by molar-refractivity contribution is 0.0994. The van der Waals surface area contributed by atoms with Crippen molar-refractivity contribution < 1.29 is 9.21 Å². The number of anilines is 1. The lowest BCUT2D eigenvalue weighted by Crippen LogP contribution is -2.13. The quantitative estimate of drug-likeness (QED) is 0.911. The number of rotatable bonds is 2. The van der Waals surface area contributed by atoms with Gasteiger partial charge in [-0.3, -0.25) is 4.79 Å². The van der Waals surface area contributed by atoms with Crippen LogP contribution in [0.5, 0.6) is 0 Å². The molecule has 0 spiro atoms. The number of benzene rings is 1. The minimum Gasteiger partial charge on any atom is -0.436 e. The molecule has 2 aromatic rings. The van der Waals surface area contributed by atoms with Crippen molar-refractivity contribution in [2.24, 2.45) is 0 Å². The van der Waals surface area contributed by atoms with Gasteiger partial charge in [0.25, 0.3) is 5.91 Å². The van der Waals surface area contributed by atoms with E-state index in [4.69, 9.17) is 27.6 Å². The Kier molecular flexibility index (Phi) is 3.59. The van der Waals surface area contributed by atoms with E-state index in [0.29, 0.717) is 27.3 Å². The van der Waals surface area contributed by atoms with Crippen LogP contribution in [0.2, 0.25) is 10.0 Å². The van der Waals surface area contributed by atoms with Crippen LogP contribution < -0.4 is 5.32 Å². The molecule has 1 amide bonds. The van der Waals surface area contributed by atoms with Crippen molar-refractivity contribution in [1.82, 2.24) is 4.98 Å². The number of hydrogen-bond donors (Lipinski definition) is 1. The zero-order valence-corrected chi connectivity index (χ0v) is 11.3. The third-order valence-electron chi connectivity index (χ3n) is 2.31. The first-order valence-electron chi connectivity index (χ1n) is 5.18. The predicted octanol–water partition coefficient (Wildman–Crippen LogP) is 3.85. The summed E-state index contributed by atoms with van der Waals surface area (Å²) in [4.78, 5) is 16.0. The molecule has 2 rings (SSSR count). The van der Waals surface area contributed by atoms with Crippen LogP contribution in [-0.2, 0) is 0 Å². The number of hydrogen-bond acceptors (Lipinski definition) is 3. The first kappa shape index (κ1) is 12.9. The van der Waals surface area contributed by atoms with Crippen LogP contribution in [0.3, 0.4) is 0 Å². The standard InChI is InChI=1S/C12H10Cl2N2O2/c1-6-11(18-7(2)15-6)12(17)16-10-8(13)4-3-5-9(10)14/h3-5H,1-2H3,(H,16,17). The molecule has 0 aliphatic heterocycles. The molecule has 0 unspecified atom stereocenters. The Bertz CT molecular complexity index is 588. The van der Waals surface area contributed by atoms with Crippen molar-refractivity contribution in [2.45, 2.75) is 13.8 Å². The summed E-state index contributed by atoms with van der Waals surface area (Å²) in [5.74, 6) is 0.162. The lowest BCUT2D eigenvalue weighted by Gasteiger charge is -2.07. The van der Waals surface area contributed by atoms with Crippen LogP contribution in [0.4, 0.5) is 5.69 Å². The summed E-state index contributed by atoms with van der Waals surface area (Å²) < 4.78 is 5.22. The first-order valence-corrected chi connectivity index (χ1v) is 5.94. The Hall–Kier alpha value is -1.52. The number of halogens is 2. The normalized spacial score (nSPS) is 10.4. The Labute approximate surface area is 114 Å². The predicted molar refractivity (Wildman–Crippen MR) is 70.4 cm³/mol. The molecule has 0 saturated carbocycles. The van der Waals surface area contributed by atoms with Gasteiger partial charge in [-0.05, 0) is 19.1 Å². The molecule has 1 aromatic heterocycles. The Balaban J connectivity index is 2.30. The number of oxazole rings is 1. The number of carbonyl (C=O) groups excluding carboxylic acids is 1. The number of para-hydroxylation sites is 1. The van der Waals surface area contributed by atoms with E-state index in [1.54, 1.807) is 32.0 Å². The molecule has 0 atom stereocenters. The number of nitrogens with zero attached hydrogens (tertiary/aromatic N) is 1. The van der Waals surface area contributed by atoms with Gasteiger partial charge < -0.3 is 9.73 Å². The fourth-order valence-corrected chi connectivity index (χ4v) is 2.02. The number of amides is 1. The van der Waals surface area contributed by atoms with E-state index in [-0.39, 0.29) is 5.76 Å². The van der Waals surface area contributed by atoms with Crippen LogP contribution in [0, 0.1) is 13.8 Å². The largest absolute Gasteiger partial charge is 0.436 e. The van der Waals surface area contributed by atoms with E-state index in [2.05, 4.69) is 10.3 Å². The van der Waals surface area contributed by atoms with E-state index >= 15 is 0 Å². The van der Waals surface area contributed by atoms with E-state index < -0.39 is 5.91 Å². The third kappa shape index (κ3) is 2.49. The second kappa shape index (κ2) is 5.00. The Morgan fingerprint density at radius 3 is 2.39 bits per heavy atom. The van der Waals surface area contributed by atoms with E-state index in [0.717, 1.165) is 0 Å². The number of aromatic nitrogens is 1. The highest BCUT2D eigenvalue weighted by Crippen LogP contribution is 2.30. The summed E-state index contributed by atoms with van der Waals surface area (Å²) in [7, 11) is 0. The minimum absolute atomic E-state index is 0.156. The maximum absolute atomic E-state index is 12.0. The smallest absolute Gasteiger partial charge is 0.293 e. The van der Waals surface area contributed by atoms with E-state index in [1.165, 1.54) is 0 Å². The van der Waals surface area contributed by atoms with Crippen LogP contribution in [0.1, 0.15) is 22.1 Å². The van der Waals surface area contributed by atoms with Crippen molar-refractivity contribution in [3.63, 3.8) is 0 Å². The van der Waals surface area contributed by atoms with Gasteiger partial charge in [0.1, 0.15) is 0 Å². The topological polar surface area (TPSA) is 55.1 Å². The highest BCUT2D eigenvalue weighted by atomic mass is 35.5. The Morgan fingerprint density at radius 1 is 1.28 bits per heavy atom. The number of carbonyl (C=O) groups is 1. The molecule has 0 saturated heterocycles.